The molecular formula is C17H21N3O3. The van der Waals surface area contributed by atoms with Crippen LogP contribution in [0.5, 0.6) is 0 Å². The lowest BCUT2D eigenvalue weighted by Gasteiger charge is -2.32. The largest absolute Gasteiger partial charge is 0.365 e. The van der Waals surface area contributed by atoms with E-state index in [2.05, 4.69) is 15.3 Å². The Bertz CT molecular complexity index is 763. The van der Waals surface area contributed by atoms with Crippen LogP contribution in [0.1, 0.15) is 32.0 Å². The molecule has 122 valence electrons. The van der Waals surface area contributed by atoms with Gasteiger partial charge in [0.2, 0.25) is 0 Å². The van der Waals surface area contributed by atoms with Gasteiger partial charge < -0.3 is 15.0 Å². The van der Waals surface area contributed by atoms with Gasteiger partial charge in [-0.25, -0.2) is 4.98 Å². The summed E-state index contributed by atoms with van der Waals surface area (Å²) in [6.45, 7) is 2.88. The number of ether oxygens (including phenoxy) is 1. The number of para-hydroxylation sites is 1. The van der Waals surface area contributed by atoms with Crippen LogP contribution < -0.4 is 10.9 Å². The van der Waals surface area contributed by atoms with E-state index in [1.165, 1.54) is 0 Å². The highest BCUT2D eigenvalue weighted by Crippen LogP contribution is 2.24. The van der Waals surface area contributed by atoms with Crippen LogP contribution >= 0.6 is 0 Å². The number of hydrogen-bond donors (Lipinski definition) is 2. The SMILES string of the molecule is C[C@@]1(C(=O)NCCc2nc3ccccc3c(=O)[nH]2)CCCCO1. The molecule has 2 heterocycles. The van der Waals surface area contributed by atoms with E-state index in [1.54, 1.807) is 6.07 Å². The van der Waals surface area contributed by atoms with Crippen molar-refractivity contribution in [2.45, 2.75) is 38.2 Å². The van der Waals surface area contributed by atoms with Gasteiger partial charge >= 0.3 is 0 Å². The Morgan fingerprint density at radius 3 is 3.00 bits per heavy atom. The first-order valence-electron chi connectivity index (χ1n) is 7.99. The molecule has 0 saturated carbocycles. The molecule has 1 aliphatic heterocycles. The van der Waals surface area contributed by atoms with Crippen molar-refractivity contribution < 1.29 is 9.53 Å². The molecule has 2 aromatic rings. The van der Waals surface area contributed by atoms with Crippen LogP contribution in [0.15, 0.2) is 29.1 Å². The molecule has 1 aromatic carbocycles. The van der Waals surface area contributed by atoms with Crippen molar-refractivity contribution in [2.75, 3.05) is 13.2 Å². The molecule has 0 spiro atoms. The number of aromatic nitrogens is 2. The highest BCUT2D eigenvalue weighted by atomic mass is 16.5. The fraction of sp³-hybridized carbons (Fsp3) is 0.471. The number of H-pyrrole nitrogens is 1. The van der Waals surface area contributed by atoms with Gasteiger partial charge in [-0.3, -0.25) is 9.59 Å². The Hall–Kier alpha value is -2.21. The van der Waals surface area contributed by atoms with Crippen LogP contribution in [0.4, 0.5) is 0 Å². The van der Waals surface area contributed by atoms with Crippen LogP contribution in [0.3, 0.4) is 0 Å². The molecule has 0 radical (unpaired) electrons. The predicted octanol–water partition coefficient (Wildman–Crippen LogP) is 1.54. The zero-order valence-electron chi connectivity index (χ0n) is 13.2. The summed E-state index contributed by atoms with van der Waals surface area (Å²) in [6.07, 6.45) is 3.22. The van der Waals surface area contributed by atoms with E-state index in [9.17, 15) is 9.59 Å². The van der Waals surface area contributed by atoms with Crippen molar-refractivity contribution in [1.29, 1.82) is 0 Å². The second-order valence-corrected chi connectivity index (χ2v) is 6.07. The Balaban J connectivity index is 1.62. The quantitative estimate of drug-likeness (QED) is 0.896. The maximum atomic E-state index is 12.3. The number of carbonyl (C=O) groups excluding carboxylic acids is 1. The fourth-order valence-corrected chi connectivity index (χ4v) is 2.85. The van der Waals surface area contributed by atoms with Crippen LogP contribution in [0.2, 0.25) is 0 Å². The van der Waals surface area contributed by atoms with Crippen molar-refractivity contribution in [1.82, 2.24) is 15.3 Å². The van der Waals surface area contributed by atoms with Gasteiger partial charge in [-0.2, -0.15) is 0 Å². The van der Waals surface area contributed by atoms with E-state index in [1.807, 2.05) is 25.1 Å². The van der Waals surface area contributed by atoms with Crippen LogP contribution in [-0.2, 0) is 16.0 Å². The van der Waals surface area contributed by atoms with Gasteiger partial charge in [-0.05, 0) is 38.3 Å². The predicted molar refractivity (Wildman–Crippen MR) is 87.3 cm³/mol. The molecule has 6 nitrogen and oxygen atoms in total. The maximum absolute atomic E-state index is 12.3. The standard InChI is InChI=1S/C17H21N3O3/c1-17(9-4-5-11-23-17)16(22)18-10-8-14-19-13-7-3-2-6-12(13)15(21)20-14/h2-3,6-7H,4-5,8-11H2,1H3,(H,18,22)(H,19,20,21)/t17-/m0/s1. The number of aromatic amines is 1. The molecule has 2 N–H and O–H groups in total. The second kappa shape index (κ2) is 6.50. The molecule has 3 rings (SSSR count). The third-order valence-electron chi connectivity index (χ3n) is 4.26. The lowest BCUT2D eigenvalue weighted by molar-refractivity contribution is -0.150. The van der Waals surface area contributed by atoms with E-state index < -0.39 is 5.60 Å². The minimum atomic E-state index is -0.734. The van der Waals surface area contributed by atoms with E-state index in [4.69, 9.17) is 4.74 Å². The first kappa shape index (κ1) is 15.7. The summed E-state index contributed by atoms with van der Waals surface area (Å²) in [5.41, 5.74) is -0.220. The molecule has 1 saturated heterocycles. The van der Waals surface area contributed by atoms with Crippen molar-refractivity contribution >= 4 is 16.8 Å². The molecule has 1 aromatic heterocycles. The average molecular weight is 315 g/mol. The lowest BCUT2D eigenvalue weighted by atomic mass is 9.95. The molecule has 0 aliphatic carbocycles. The summed E-state index contributed by atoms with van der Waals surface area (Å²) in [6, 6.07) is 7.21. The van der Waals surface area contributed by atoms with Gasteiger partial charge in [0.25, 0.3) is 11.5 Å². The monoisotopic (exact) mass is 315 g/mol. The number of rotatable bonds is 4. The van der Waals surface area contributed by atoms with Crippen LogP contribution in [0.25, 0.3) is 10.9 Å². The highest BCUT2D eigenvalue weighted by Gasteiger charge is 2.35. The van der Waals surface area contributed by atoms with E-state index in [0.717, 1.165) is 19.3 Å². The Morgan fingerprint density at radius 2 is 2.22 bits per heavy atom. The number of benzene rings is 1. The normalized spacial score (nSPS) is 21.3. The van der Waals surface area contributed by atoms with E-state index in [0.29, 0.717) is 36.3 Å². The van der Waals surface area contributed by atoms with Gasteiger partial charge in [0, 0.05) is 19.6 Å². The molecule has 23 heavy (non-hydrogen) atoms. The van der Waals surface area contributed by atoms with Crippen molar-refractivity contribution in [2.24, 2.45) is 0 Å². The average Bonchev–Trinajstić information content (AvgIpc) is 2.55. The Kier molecular flexibility index (Phi) is 4.43. The Morgan fingerprint density at radius 1 is 1.39 bits per heavy atom. The first-order valence-corrected chi connectivity index (χ1v) is 7.99. The third kappa shape index (κ3) is 3.42. The molecule has 0 bridgehead atoms. The van der Waals surface area contributed by atoms with Crippen LogP contribution in [0, 0.1) is 0 Å². The van der Waals surface area contributed by atoms with Gasteiger partial charge in [-0.15, -0.1) is 0 Å². The highest BCUT2D eigenvalue weighted by molar-refractivity contribution is 5.84. The molecule has 1 atom stereocenters. The molecular weight excluding hydrogens is 294 g/mol. The minimum Gasteiger partial charge on any atom is -0.365 e. The lowest BCUT2D eigenvalue weighted by Crippen LogP contribution is -2.48. The van der Waals surface area contributed by atoms with Gasteiger partial charge in [-0.1, -0.05) is 12.1 Å². The topological polar surface area (TPSA) is 84.1 Å². The van der Waals surface area contributed by atoms with Gasteiger partial charge in [0.05, 0.1) is 10.9 Å². The number of fused-ring (bicyclic) bond motifs is 1. The molecule has 1 amide bonds. The molecule has 0 unspecified atom stereocenters. The summed E-state index contributed by atoms with van der Waals surface area (Å²) in [5.74, 6) is 0.476. The van der Waals surface area contributed by atoms with Crippen molar-refractivity contribution in [3.63, 3.8) is 0 Å². The molecule has 1 fully saturated rings. The zero-order valence-corrected chi connectivity index (χ0v) is 13.2. The summed E-state index contributed by atoms with van der Waals surface area (Å²) in [4.78, 5) is 31.4. The maximum Gasteiger partial charge on any atom is 0.258 e. The van der Waals surface area contributed by atoms with Crippen LogP contribution in [-0.4, -0.2) is 34.6 Å². The fourth-order valence-electron chi connectivity index (χ4n) is 2.85. The Labute approximate surface area is 134 Å². The number of nitrogens with one attached hydrogen (secondary N) is 2. The number of amides is 1. The summed E-state index contributed by atoms with van der Waals surface area (Å²) in [7, 11) is 0. The minimum absolute atomic E-state index is 0.0969. The van der Waals surface area contributed by atoms with E-state index in [-0.39, 0.29) is 11.5 Å². The second-order valence-electron chi connectivity index (χ2n) is 6.07. The van der Waals surface area contributed by atoms with Crippen molar-refractivity contribution in [3.05, 3.63) is 40.4 Å². The van der Waals surface area contributed by atoms with Gasteiger partial charge in [0.15, 0.2) is 0 Å². The third-order valence-corrected chi connectivity index (χ3v) is 4.26. The summed E-state index contributed by atoms with van der Waals surface area (Å²) in [5, 5.41) is 3.46. The summed E-state index contributed by atoms with van der Waals surface area (Å²) < 4.78 is 5.62. The first-order chi connectivity index (χ1) is 11.1. The number of hydrogen-bond acceptors (Lipinski definition) is 4. The van der Waals surface area contributed by atoms with Crippen molar-refractivity contribution in [3.8, 4) is 0 Å². The number of nitrogens with zero attached hydrogens (tertiary/aromatic N) is 1. The molecule has 6 heteroatoms. The van der Waals surface area contributed by atoms with Gasteiger partial charge in [0.1, 0.15) is 11.4 Å². The number of carbonyl (C=O) groups is 1. The zero-order chi connectivity index (χ0) is 16.3. The molecule has 1 aliphatic rings. The van der Waals surface area contributed by atoms with E-state index >= 15 is 0 Å². The smallest absolute Gasteiger partial charge is 0.258 e. The summed E-state index contributed by atoms with van der Waals surface area (Å²) >= 11 is 0.